The molecule has 0 fully saturated rings. The Morgan fingerprint density at radius 3 is 0.480 bits per heavy atom. The van der Waals surface area contributed by atoms with Gasteiger partial charge in [-0.15, -0.1) is 0 Å². The molecular weight excluding hydrogens is 1870 g/mol. The van der Waals surface area contributed by atoms with Gasteiger partial charge in [0.2, 0.25) is 0 Å². The van der Waals surface area contributed by atoms with E-state index < -0.39 is 127 Å². The molecule has 0 aliphatic rings. The number of fused-ring (bicyclic) bond motifs is 3. The molecule has 148 heavy (non-hydrogen) atoms. The van der Waals surface area contributed by atoms with Crippen molar-refractivity contribution in [1.29, 1.82) is 0 Å². The quantitative estimate of drug-likeness (QED) is 0.0209. The molecule has 0 bridgehead atoms. The average Bonchev–Trinajstić information content (AvgIpc) is 0.762. The molecule has 0 aromatic heterocycles. The van der Waals surface area contributed by atoms with Gasteiger partial charge in [-0.2, -0.15) is 0 Å². The van der Waals surface area contributed by atoms with Crippen LogP contribution in [-0.2, 0) is 61.8 Å². The number of nitrogens with zero attached hydrogens (tertiary/aromatic N) is 4. The van der Waals surface area contributed by atoms with E-state index in [4.69, 9.17) is 28.4 Å². The summed E-state index contributed by atoms with van der Waals surface area (Å²) in [6.07, 6.45) is 0. The van der Waals surface area contributed by atoms with Gasteiger partial charge in [-0.05, 0) is 247 Å². The smallest absolute Gasteiger partial charge is 0.346 e. The number of amides is 4. The Hall–Kier alpha value is -20.0. The molecule has 18 rings (SSSR count). The Morgan fingerprint density at radius 1 is 0.162 bits per heavy atom. The van der Waals surface area contributed by atoms with Gasteiger partial charge in [-0.25, -0.2) is 38.4 Å². The molecule has 0 spiro atoms. The first-order chi connectivity index (χ1) is 71.9. The zero-order valence-corrected chi connectivity index (χ0v) is 78.8. The van der Waals surface area contributed by atoms with Crippen LogP contribution in [0.3, 0.4) is 0 Å². The van der Waals surface area contributed by atoms with E-state index in [1.165, 1.54) is 56.0 Å². The molecule has 26 nitrogen and oxygen atoms in total. The normalized spacial score (nSPS) is 10.9. The second-order valence-electron chi connectivity index (χ2n) is 34.8. The maximum absolute atomic E-state index is 16.3. The van der Waals surface area contributed by atoms with Crippen LogP contribution in [0.4, 0.5) is 0 Å². The molecule has 0 atom stereocenters. The number of rotatable bonds is 36. The van der Waals surface area contributed by atoms with E-state index >= 15 is 38.4 Å². The first-order valence-electron chi connectivity index (χ1n) is 46.8. The van der Waals surface area contributed by atoms with Crippen molar-refractivity contribution in [3.8, 4) is 46.0 Å². The first kappa shape index (κ1) is 98.2. The van der Waals surface area contributed by atoms with Gasteiger partial charge >= 0.3 is 47.8 Å². The van der Waals surface area contributed by atoms with Gasteiger partial charge in [0.05, 0.1) is 66.8 Å². The summed E-state index contributed by atoms with van der Waals surface area (Å²) >= 11 is 0. The van der Waals surface area contributed by atoms with Crippen molar-refractivity contribution in [2.24, 2.45) is 0 Å². The molecule has 18 aromatic rings. The second kappa shape index (κ2) is 44.8. The third-order valence-corrected chi connectivity index (χ3v) is 24.5. The first-order valence-corrected chi connectivity index (χ1v) is 46.8. The van der Waals surface area contributed by atoms with Crippen LogP contribution in [0.25, 0.3) is 32.3 Å². The Labute approximate surface area is 846 Å². The van der Waals surface area contributed by atoms with Crippen LogP contribution in [0, 0.1) is 0 Å². The summed E-state index contributed by atoms with van der Waals surface area (Å²) in [6.45, 7) is -1.00. The minimum atomic E-state index is -1.76. The van der Waals surface area contributed by atoms with Crippen LogP contribution in [0.2, 0.25) is 0 Å². The van der Waals surface area contributed by atoms with Crippen LogP contribution < -0.4 is 18.9 Å². The SMILES string of the molecule is O=C(O)c1cc2cc(C(=O)OC(=O)c3cc4cc(C(=O)N(Cc5ccccc5)Cc5ccc(Oc6ccccc6)cc5)c(C(=O)O)cc4cc3C(=O)N(Cc3ccccc3)Cc3ccc(Oc4ccccc4)cc3)c(C(=O)OC(=O)c3cc4cc(C(=O)N(Cc5ccccc5)Cc5ccc(Oc6ccccc6)cc5)c(C(=O)O)cc4cc3C(=O)N(Cc3ccccc3)Cc3ccc(Oc4ccccc4)cc3)cc2cc1C(=O)O. The van der Waals surface area contributed by atoms with Gasteiger partial charge in [-0.3, -0.25) is 19.2 Å². The van der Waals surface area contributed by atoms with Crippen molar-refractivity contribution in [2.45, 2.75) is 52.4 Å². The molecule has 18 aromatic carbocycles. The summed E-state index contributed by atoms with van der Waals surface area (Å²) in [5.41, 5.74) is -3.00. The van der Waals surface area contributed by atoms with Crippen LogP contribution >= 0.6 is 0 Å². The fourth-order valence-corrected chi connectivity index (χ4v) is 17.3. The molecule has 4 N–H and O–H groups in total. The molecule has 0 radical (unpaired) electrons. The third kappa shape index (κ3) is 23.7. The number of aromatic carboxylic acids is 4. The van der Waals surface area contributed by atoms with E-state index in [2.05, 4.69) is 0 Å². The monoisotopic (exact) mass is 1960 g/mol. The van der Waals surface area contributed by atoms with E-state index in [0.717, 1.165) is 36.4 Å². The van der Waals surface area contributed by atoms with Crippen LogP contribution in [-0.4, -0.2) is 111 Å². The Balaban J connectivity index is 0.752. The highest BCUT2D eigenvalue weighted by molar-refractivity contribution is 6.20. The summed E-state index contributed by atoms with van der Waals surface area (Å²) in [5.74, 6) is -12.8. The molecule has 0 aliphatic heterocycles. The summed E-state index contributed by atoms with van der Waals surface area (Å²) in [4.78, 5) is 187. The number of esters is 4. The Morgan fingerprint density at radius 2 is 0.297 bits per heavy atom. The highest BCUT2D eigenvalue weighted by Gasteiger charge is 2.36. The lowest BCUT2D eigenvalue weighted by molar-refractivity contribution is 0.0355. The van der Waals surface area contributed by atoms with Gasteiger partial charge in [0.15, 0.2) is 0 Å². The van der Waals surface area contributed by atoms with Crippen molar-refractivity contribution in [2.75, 3.05) is 0 Å². The molecule has 0 unspecified atom stereocenters. The van der Waals surface area contributed by atoms with Gasteiger partial charge in [-0.1, -0.05) is 243 Å². The summed E-state index contributed by atoms with van der Waals surface area (Å²) in [7, 11) is 0. The molecule has 0 aliphatic carbocycles. The van der Waals surface area contributed by atoms with Crippen molar-refractivity contribution >= 4 is 104 Å². The van der Waals surface area contributed by atoms with E-state index in [0.29, 0.717) is 90.5 Å². The van der Waals surface area contributed by atoms with E-state index in [1.807, 2.05) is 48.5 Å². The summed E-state index contributed by atoms with van der Waals surface area (Å²) in [5, 5.41) is 43.1. The van der Waals surface area contributed by atoms with Crippen LogP contribution in [0.5, 0.6) is 46.0 Å². The van der Waals surface area contributed by atoms with E-state index in [9.17, 15) is 39.6 Å². The van der Waals surface area contributed by atoms with Gasteiger partial charge in [0.25, 0.3) is 23.6 Å². The molecule has 26 heteroatoms. The maximum Gasteiger partial charge on any atom is 0.346 e. The predicted molar refractivity (Wildman–Crippen MR) is 551 cm³/mol. The second-order valence-corrected chi connectivity index (χ2v) is 34.8. The third-order valence-electron chi connectivity index (χ3n) is 24.5. The summed E-state index contributed by atoms with van der Waals surface area (Å²) in [6, 6.07) is 112. The number of carboxylic acid groups (broad SMARTS) is 4. The number of carbonyl (C=O) groups excluding carboxylic acids is 8. The molecule has 0 heterocycles. The minimum Gasteiger partial charge on any atom is -0.478 e. The summed E-state index contributed by atoms with van der Waals surface area (Å²) < 4.78 is 36.2. The van der Waals surface area contributed by atoms with Crippen molar-refractivity contribution in [3.05, 3.63) is 524 Å². The van der Waals surface area contributed by atoms with Crippen molar-refractivity contribution in [3.63, 3.8) is 0 Å². The predicted octanol–water partition coefficient (Wildman–Crippen LogP) is 24.5. The lowest BCUT2D eigenvalue weighted by Gasteiger charge is -2.25. The Bertz CT molecular complexity index is 7620. The lowest BCUT2D eigenvalue weighted by Crippen LogP contribution is -2.32. The molecular formula is C122H88N4O22. The molecule has 728 valence electrons. The van der Waals surface area contributed by atoms with E-state index in [-0.39, 0.29) is 95.8 Å². The highest BCUT2D eigenvalue weighted by Crippen LogP contribution is 2.37. The lowest BCUT2D eigenvalue weighted by atomic mass is 9.94. The average molecular weight is 1960 g/mol. The largest absolute Gasteiger partial charge is 0.478 e. The van der Waals surface area contributed by atoms with Crippen LogP contribution in [0.15, 0.2) is 413 Å². The minimum absolute atomic E-state index is 0.0152. The number of hydrogen-bond acceptors (Lipinski definition) is 18. The standard InChI is InChI=1S/C122H88N4O22/c127-111(123(69-77-25-9-1-10-26-77)73-81-41-49-95(50-42-81)143-91-33-17-5-18-34-91)99-57-87-65-107(101(59-85(87)61-103(99)115(131)132)113(129)125(71-79-29-13-3-14-30-79)75-83-45-53-97(54-46-83)145-93-37-21-7-22-38-93)119(139)147-121(141)109-67-89-63-105(117(135)136)106(118(137)138)64-90(89)68-110(109)122(142)148-120(140)108-66-88-58-100(112(128)124(70-78-27-11-2-12-28-78)74-82-43-51-96(52-44-82)144-92-35-19-6-20-36-92)104(116(133)134)62-86(88)60-102(108)114(130)126(72-80-31-15-4-16-32-80)76-84-47-55-98(56-48-84)146-94-39-23-8-24-40-94/h1-68H,69-76H2,(H,131,132)(H,133,134)(H,135,136)(H,137,138). The fraction of sp³-hybridized carbons (Fsp3) is 0.0656. The van der Waals surface area contributed by atoms with E-state index in [1.54, 1.807) is 291 Å². The fourth-order valence-electron chi connectivity index (χ4n) is 17.3. The molecule has 0 saturated heterocycles. The number of ether oxygens (including phenoxy) is 6. The van der Waals surface area contributed by atoms with Crippen LogP contribution in [0.1, 0.15) is 169 Å². The van der Waals surface area contributed by atoms with Crippen molar-refractivity contribution < 1.29 is 106 Å². The number of para-hydroxylation sites is 4. The van der Waals surface area contributed by atoms with Gasteiger partial charge in [0, 0.05) is 52.4 Å². The number of hydrogen-bond donors (Lipinski definition) is 4. The van der Waals surface area contributed by atoms with Crippen molar-refractivity contribution in [1.82, 2.24) is 19.6 Å². The zero-order valence-electron chi connectivity index (χ0n) is 78.8. The zero-order chi connectivity index (χ0) is 103. The maximum atomic E-state index is 16.3. The van der Waals surface area contributed by atoms with Gasteiger partial charge < -0.3 is 68.4 Å². The number of benzene rings is 18. The topological polar surface area (TPSA) is 354 Å². The van der Waals surface area contributed by atoms with Gasteiger partial charge in [0.1, 0.15) is 46.0 Å². The molecule has 4 amide bonds. The highest BCUT2D eigenvalue weighted by atomic mass is 16.6. The Kier molecular flexibility index (Phi) is 29.7. The number of carbonyl (C=O) groups is 12. The molecule has 0 saturated carbocycles. The number of carboxylic acids is 4.